The minimum absolute atomic E-state index is 0.00412. The number of nitrogens with one attached hydrogen (secondary N) is 1. The van der Waals surface area contributed by atoms with Gasteiger partial charge in [0.25, 0.3) is 5.91 Å². The van der Waals surface area contributed by atoms with E-state index in [2.05, 4.69) is 20.6 Å². The number of carbonyl (C=O) groups excluding carboxylic acids is 2. The van der Waals surface area contributed by atoms with Gasteiger partial charge in [-0.25, -0.2) is 9.67 Å². The predicted octanol–water partition coefficient (Wildman–Crippen LogP) is 1.70. The molecule has 0 atom stereocenters. The van der Waals surface area contributed by atoms with Gasteiger partial charge in [-0.1, -0.05) is 23.4 Å². The van der Waals surface area contributed by atoms with Gasteiger partial charge < -0.3 is 10.2 Å². The zero-order valence-corrected chi connectivity index (χ0v) is 14.1. The molecule has 1 fully saturated rings. The summed E-state index contributed by atoms with van der Waals surface area (Å²) in [6.07, 6.45) is 3.55. The number of likely N-dealkylation sites (tertiary alicyclic amines) is 1. The lowest BCUT2D eigenvalue weighted by atomic mass is 10.2. The molecule has 1 N–H and O–H groups in total. The second-order valence-electron chi connectivity index (χ2n) is 6.23. The van der Waals surface area contributed by atoms with Gasteiger partial charge in [0.15, 0.2) is 5.69 Å². The molecular weight excluding hydrogens is 332 g/mol. The molecule has 0 bridgehead atoms. The summed E-state index contributed by atoms with van der Waals surface area (Å²) in [6, 6.07) is 11.3. The predicted molar refractivity (Wildman–Crippen MR) is 95.5 cm³/mol. The first-order valence-corrected chi connectivity index (χ1v) is 8.54. The van der Waals surface area contributed by atoms with Gasteiger partial charge in [-0.3, -0.25) is 9.59 Å². The normalized spacial score (nSPS) is 13.9. The number of fused-ring (bicyclic) bond motifs is 1. The average Bonchev–Trinajstić information content (AvgIpc) is 3.33. The Morgan fingerprint density at radius 1 is 1.08 bits per heavy atom. The highest BCUT2D eigenvalue weighted by Crippen LogP contribution is 2.15. The second kappa shape index (κ2) is 6.91. The topological polar surface area (TPSA) is 93.0 Å². The van der Waals surface area contributed by atoms with E-state index in [9.17, 15) is 9.59 Å². The Bertz CT molecular complexity index is 961. The number of hydrogen-bond acceptors (Lipinski definition) is 5. The zero-order valence-electron chi connectivity index (χ0n) is 14.1. The number of pyridine rings is 1. The van der Waals surface area contributed by atoms with E-state index in [1.165, 1.54) is 10.9 Å². The summed E-state index contributed by atoms with van der Waals surface area (Å²) in [5.74, 6) is 0.0274. The van der Waals surface area contributed by atoms with E-state index < -0.39 is 5.91 Å². The molecule has 0 spiro atoms. The molecule has 0 aliphatic carbocycles. The van der Waals surface area contributed by atoms with Gasteiger partial charge in [-0.05, 0) is 31.0 Å². The first-order valence-electron chi connectivity index (χ1n) is 8.54. The van der Waals surface area contributed by atoms with Crippen molar-refractivity contribution < 1.29 is 9.59 Å². The third kappa shape index (κ3) is 3.39. The lowest BCUT2D eigenvalue weighted by Gasteiger charge is -2.14. The Kier molecular flexibility index (Phi) is 4.30. The quantitative estimate of drug-likeness (QED) is 0.773. The fourth-order valence-corrected chi connectivity index (χ4v) is 3.00. The molecule has 0 radical (unpaired) electrons. The number of carbonyl (C=O) groups is 2. The summed E-state index contributed by atoms with van der Waals surface area (Å²) < 4.78 is 1.39. The number of benzene rings is 1. The first-order chi connectivity index (χ1) is 12.7. The zero-order chi connectivity index (χ0) is 17.9. The maximum Gasteiger partial charge on any atom is 0.278 e. The molecular formula is C18H18N6O2. The molecule has 3 aromatic rings. The van der Waals surface area contributed by atoms with Crippen LogP contribution in [-0.4, -0.2) is 49.8 Å². The third-order valence-electron chi connectivity index (χ3n) is 4.37. The highest BCUT2D eigenvalue weighted by Gasteiger charge is 2.19. The molecule has 132 valence electrons. The number of para-hydroxylation sites is 1. The lowest BCUT2D eigenvalue weighted by Crippen LogP contribution is -2.31. The van der Waals surface area contributed by atoms with Gasteiger partial charge >= 0.3 is 0 Å². The summed E-state index contributed by atoms with van der Waals surface area (Å²) in [5, 5.41) is 11.4. The van der Waals surface area contributed by atoms with Crippen LogP contribution in [0.1, 0.15) is 23.3 Å². The summed E-state index contributed by atoms with van der Waals surface area (Å²) in [6.45, 7) is 1.66. The van der Waals surface area contributed by atoms with E-state index >= 15 is 0 Å². The van der Waals surface area contributed by atoms with Crippen molar-refractivity contribution >= 4 is 28.5 Å². The van der Waals surface area contributed by atoms with Gasteiger partial charge in [0.1, 0.15) is 12.4 Å². The van der Waals surface area contributed by atoms with E-state index in [0.29, 0.717) is 5.82 Å². The van der Waals surface area contributed by atoms with Crippen LogP contribution < -0.4 is 5.32 Å². The summed E-state index contributed by atoms with van der Waals surface area (Å²) in [5.41, 5.74) is 0.944. The molecule has 0 unspecified atom stereocenters. The molecule has 26 heavy (non-hydrogen) atoms. The molecule has 2 amide bonds. The molecule has 1 aliphatic heterocycles. The molecule has 1 aliphatic rings. The van der Waals surface area contributed by atoms with Crippen molar-refractivity contribution in [2.24, 2.45) is 0 Å². The number of nitrogens with zero attached hydrogens (tertiary/aromatic N) is 5. The van der Waals surface area contributed by atoms with Crippen molar-refractivity contribution in [3.63, 3.8) is 0 Å². The van der Waals surface area contributed by atoms with Crippen molar-refractivity contribution in [2.75, 3.05) is 18.4 Å². The maximum absolute atomic E-state index is 12.3. The number of hydrogen-bond donors (Lipinski definition) is 1. The van der Waals surface area contributed by atoms with Crippen LogP contribution in [-0.2, 0) is 11.3 Å². The SMILES string of the molecule is O=C(Nc1ccc2ccccc2n1)c1cn(CC(=O)N2CCCC2)nn1. The van der Waals surface area contributed by atoms with Crippen LogP contribution in [0.2, 0.25) is 0 Å². The number of anilines is 1. The van der Waals surface area contributed by atoms with E-state index in [1.54, 1.807) is 11.0 Å². The Hall–Kier alpha value is -3.29. The molecule has 1 saturated heterocycles. The van der Waals surface area contributed by atoms with Crippen LogP contribution in [0.4, 0.5) is 5.82 Å². The van der Waals surface area contributed by atoms with Crippen molar-refractivity contribution in [3.8, 4) is 0 Å². The van der Waals surface area contributed by atoms with Crippen LogP contribution in [0.15, 0.2) is 42.6 Å². The summed E-state index contributed by atoms with van der Waals surface area (Å²) >= 11 is 0. The molecule has 8 nitrogen and oxygen atoms in total. The first kappa shape index (κ1) is 16.2. The highest BCUT2D eigenvalue weighted by atomic mass is 16.2. The van der Waals surface area contributed by atoms with Gasteiger partial charge in [0, 0.05) is 18.5 Å². The molecule has 4 rings (SSSR count). The van der Waals surface area contributed by atoms with Gasteiger partial charge in [0.05, 0.1) is 11.7 Å². The molecule has 2 aromatic heterocycles. The fourth-order valence-electron chi connectivity index (χ4n) is 3.00. The van der Waals surface area contributed by atoms with Crippen LogP contribution in [0.5, 0.6) is 0 Å². The molecule has 8 heteroatoms. The van der Waals surface area contributed by atoms with Gasteiger partial charge in [0.2, 0.25) is 5.91 Å². The lowest BCUT2D eigenvalue weighted by molar-refractivity contribution is -0.130. The monoisotopic (exact) mass is 350 g/mol. The fraction of sp³-hybridized carbons (Fsp3) is 0.278. The van der Waals surface area contributed by atoms with Gasteiger partial charge in [-0.15, -0.1) is 5.10 Å². The van der Waals surface area contributed by atoms with Crippen molar-refractivity contribution in [1.29, 1.82) is 0 Å². The van der Waals surface area contributed by atoms with Crippen LogP contribution in [0, 0.1) is 0 Å². The highest BCUT2D eigenvalue weighted by molar-refractivity contribution is 6.02. The largest absolute Gasteiger partial charge is 0.341 e. The maximum atomic E-state index is 12.3. The van der Waals surface area contributed by atoms with Gasteiger partial charge in [-0.2, -0.15) is 0 Å². The van der Waals surface area contributed by atoms with Crippen LogP contribution in [0.25, 0.3) is 10.9 Å². The van der Waals surface area contributed by atoms with E-state index in [0.717, 1.165) is 36.8 Å². The second-order valence-corrected chi connectivity index (χ2v) is 6.23. The Balaban J connectivity index is 1.43. The summed E-state index contributed by atoms with van der Waals surface area (Å²) in [4.78, 5) is 30.7. The Morgan fingerprint density at radius 2 is 1.88 bits per heavy atom. The number of aromatic nitrogens is 4. The molecule has 3 heterocycles. The smallest absolute Gasteiger partial charge is 0.278 e. The van der Waals surface area contributed by atoms with Crippen molar-refractivity contribution in [2.45, 2.75) is 19.4 Å². The van der Waals surface area contributed by atoms with Crippen molar-refractivity contribution in [3.05, 3.63) is 48.3 Å². The minimum atomic E-state index is -0.410. The molecule has 1 aromatic carbocycles. The van der Waals surface area contributed by atoms with E-state index in [-0.39, 0.29) is 18.1 Å². The summed E-state index contributed by atoms with van der Waals surface area (Å²) in [7, 11) is 0. The third-order valence-corrected chi connectivity index (χ3v) is 4.37. The number of amides is 2. The van der Waals surface area contributed by atoms with Crippen LogP contribution in [0.3, 0.4) is 0 Å². The molecule has 0 saturated carbocycles. The van der Waals surface area contributed by atoms with E-state index in [1.807, 2.05) is 30.3 Å². The average molecular weight is 350 g/mol. The minimum Gasteiger partial charge on any atom is -0.341 e. The van der Waals surface area contributed by atoms with Crippen molar-refractivity contribution in [1.82, 2.24) is 24.9 Å². The van der Waals surface area contributed by atoms with Crippen LogP contribution >= 0.6 is 0 Å². The Labute approximate surface area is 149 Å². The van der Waals surface area contributed by atoms with E-state index in [4.69, 9.17) is 0 Å². The number of rotatable bonds is 4. The standard InChI is InChI=1S/C18H18N6O2/c25-17(23-9-3-4-10-23)12-24-11-15(21-22-24)18(26)20-16-8-7-13-5-1-2-6-14(13)19-16/h1-2,5-8,11H,3-4,9-10,12H2,(H,19,20,26). The Morgan fingerprint density at radius 3 is 2.73 bits per heavy atom.